The quantitative estimate of drug-likeness (QED) is 0.608. The van der Waals surface area contributed by atoms with E-state index in [1.165, 1.54) is 19.2 Å². The number of ether oxygens (including phenoxy) is 1. The van der Waals surface area contributed by atoms with Crippen LogP contribution in [0.4, 0.5) is 5.69 Å². The first-order valence-corrected chi connectivity index (χ1v) is 6.31. The van der Waals surface area contributed by atoms with Gasteiger partial charge in [-0.2, -0.15) is 4.72 Å². The predicted octanol–water partition coefficient (Wildman–Crippen LogP) is 0.577. The van der Waals surface area contributed by atoms with Gasteiger partial charge in [-0.25, -0.2) is 8.42 Å². The molecule has 0 fully saturated rings. The van der Waals surface area contributed by atoms with E-state index in [-0.39, 0.29) is 10.6 Å². The molecule has 0 saturated carbocycles. The standard InChI is InChI=1S/C11H14N2O3S/c1-4-8(2)13-17(14,15)11-7-9(12)5-6-10(11)16-3/h1,5-8,13H,12H2,2-3H3. The summed E-state index contributed by atoms with van der Waals surface area (Å²) in [5.41, 5.74) is 5.89. The highest BCUT2D eigenvalue weighted by atomic mass is 32.2. The first-order chi connectivity index (χ1) is 7.90. The second kappa shape index (κ2) is 5.08. The zero-order valence-corrected chi connectivity index (χ0v) is 10.4. The van der Waals surface area contributed by atoms with Gasteiger partial charge in [0.2, 0.25) is 10.0 Å². The number of methoxy groups -OCH3 is 1. The number of anilines is 1. The van der Waals surface area contributed by atoms with Crippen molar-refractivity contribution in [2.24, 2.45) is 0 Å². The molecule has 1 rings (SSSR count). The lowest BCUT2D eigenvalue weighted by Crippen LogP contribution is -2.31. The Bertz CT molecular complexity index is 546. The van der Waals surface area contributed by atoms with E-state index >= 15 is 0 Å². The average molecular weight is 254 g/mol. The van der Waals surface area contributed by atoms with Crippen LogP contribution >= 0.6 is 0 Å². The Hall–Kier alpha value is -1.71. The fraction of sp³-hybridized carbons (Fsp3) is 0.273. The van der Waals surface area contributed by atoms with E-state index in [2.05, 4.69) is 10.6 Å². The van der Waals surface area contributed by atoms with Crippen LogP contribution in [0.1, 0.15) is 6.92 Å². The summed E-state index contributed by atoms with van der Waals surface area (Å²) in [5.74, 6) is 2.50. The molecule has 0 heterocycles. The van der Waals surface area contributed by atoms with E-state index in [0.717, 1.165) is 0 Å². The van der Waals surface area contributed by atoms with E-state index in [0.29, 0.717) is 5.69 Å². The van der Waals surface area contributed by atoms with E-state index in [9.17, 15) is 8.42 Å². The van der Waals surface area contributed by atoms with Gasteiger partial charge in [0.15, 0.2) is 0 Å². The highest BCUT2D eigenvalue weighted by Gasteiger charge is 2.21. The maximum atomic E-state index is 12.0. The molecule has 1 aromatic carbocycles. The Balaban J connectivity index is 3.23. The second-order valence-electron chi connectivity index (χ2n) is 3.42. The molecule has 92 valence electrons. The van der Waals surface area contributed by atoms with Gasteiger partial charge in [0.05, 0.1) is 13.2 Å². The molecule has 0 saturated heterocycles. The van der Waals surface area contributed by atoms with Crippen molar-refractivity contribution in [3.8, 4) is 18.1 Å². The molecule has 0 aliphatic heterocycles. The fourth-order valence-electron chi connectivity index (χ4n) is 1.23. The van der Waals surface area contributed by atoms with Crippen LogP contribution in [-0.4, -0.2) is 21.6 Å². The van der Waals surface area contributed by atoms with Crippen molar-refractivity contribution >= 4 is 15.7 Å². The summed E-state index contributed by atoms with van der Waals surface area (Å²) in [6.45, 7) is 1.57. The van der Waals surface area contributed by atoms with E-state index in [1.54, 1.807) is 13.0 Å². The predicted molar refractivity (Wildman–Crippen MR) is 66.0 cm³/mol. The molecule has 0 aliphatic rings. The molecule has 0 radical (unpaired) electrons. The molecular formula is C11H14N2O3S. The molecule has 1 aromatic rings. The van der Waals surface area contributed by atoms with Gasteiger partial charge in [-0.15, -0.1) is 6.42 Å². The SMILES string of the molecule is C#CC(C)NS(=O)(=O)c1cc(N)ccc1OC. The van der Waals surface area contributed by atoms with Crippen molar-refractivity contribution in [2.45, 2.75) is 17.9 Å². The van der Waals surface area contributed by atoms with Crippen molar-refractivity contribution in [1.29, 1.82) is 0 Å². The maximum absolute atomic E-state index is 12.0. The molecule has 3 N–H and O–H groups in total. The summed E-state index contributed by atoms with van der Waals surface area (Å²) in [6, 6.07) is 3.77. The Labute approximate surface area is 101 Å². The minimum Gasteiger partial charge on any atom is -0.495 e. The van der Waals surface area contributed by atoms with Crippen LogP contribution in [0.2, 0.25) is 0 Å². The van der Waals surface area contributed by atoms with Crippen molar-refractivity contribution in [3.63, 3.8) is 0 Å². The lowest BCUT2D eigenvalue weighted by Gasteiger charge is -2.12. The lowest BCUT2D eigenvalue weighted by atomic mass is 10.3. The second-order valence-corrected chi connectivity index (χ2v) is 5.10. The summed E-state index contributed by atoms with van der Waals surface area (Å²) in [5, 5.41) is 0. The van der Waals surface area contributed by atoms with Crippen LogP contribution in [0.25, 0.3) is 0 Å². The molecule has 0 aromatic heterocycles. The topological polar surface area (TPSA) is 81.4 Å². The lowest BCUT2D eigenvalue weighted by molar-refractivity contribution is 0.402. The zero-order valence-electron chi connectivity index (χ0n) is 9.60. The van der Waals surface area contributed by atoms with Gasteiger partial charge < -0.3 is 10.5 Å². The van der Waals surface area contributed by atoms with Crippen LogP contribution in [0.5, 0.6) is 5.75 Å². The molecular weight excluding hydrogens is 240 g/mol. The molecule has 6 heteroatoms. The third kappa shape index (κ3) is 3.12. The van der Waals surface area contributed by atoms with Crippen LogP contribution < -0.4 is 15.2 Å². The Morgan fingerprint density at radius 2 is 2.18 bits per heavy atom. The number of nitrogens with two attached hydrogens (primary N) is 1. The van der Waals surface area contributed by atoms with Gasteiger partial charge in [-0.05, 0) is 25.1 Å². The number of hydrogen-bond acceptors (Lipinski definition) is 4. The third-order valence-electron chi connectivity index (χ3n) is 2.06. The molecule has 0 spiro atoms. The zero-order chi connectivity index (χ0) is 13.1. The van der Waals surface area contributed by atoms with E-state index in [1.807, 2.05) is 0 Å². The fourth-order valence-corrected chi connectivity index (χ4v) is 2.60. The van der Waals surface area contributed by atoms with Crippen molar-refractivity contribution in [1.82, 2.24) is 4.72 Å². The minimum absolute atomic E-state index is 0.0258. The van der Waals surface area contributed by atoms with Crippen molar-refractivity contribution < 1.29 is 13.2 Å². The Morgan fingerprint density at radius 3 is 2.71 bits per heavy atom. The molecule has 0 aliphatic carbocycles. The highest BCUT2D eigenvalue weighted by Crippen LogP contribution is 2.25. The Morgan fingerprint density at radius 1 is 1.53 bits per heavy atom. The van der Waals surface area contributed by atoms with E-state index in [4.69, 9.17) is 16.9 Å². The number of benzene rings is 1. The number of nitrogens with one attached hydrogen (secondary N) is 1. The van der Waals surface area contributed by atoms with Gasteiger partial charge >= 0.3 is 0 Å². The van der Waals surface area contributed by atoms with Gasteiger partial charge in [0, 0.05) is 5.69 Å². The largest absolute Gasteiger partial charge is 0.495 e. The van der Waals surface area contributed by atoms with E-state index < -0.39 is 16.1 Å². The van der Waals surface area contributed by atoms with Gasteiger partial charge in [0.1, 0.15) is 10.6 Å². The average Bonchev–Trinajstić information content (AvgIpc) is 2.28. The van der Waals surface area contributed by atoms with Gasteiger partial charge in [-0.1, -0.05) is 5.92 Å². The normalized spacial score (nSPS) is 12.8. The van der Waals surface area contributed by atoms with Crippen LogP contribution in [0, 0.1) is 12.3 Å². The third-order valence-corrected chi connectivity index (χ3v) is 3.62. The van der Waals surface area contributed by atoms with Crippen molar-refractivity contribution in [2.75, 3.05) is 12.8 Å². The summed E-state index contributed by atoms with van der Waals surface area (Å²) in [7, 11) is -2.35. The number of hydrogen-bond donors (Lipinski definition) is 2. The molecule has 1 unspecified atom stereocenters. The molecule has 5 nitrogen and oxygen atoms in total. The molecule has 1 atom stereocenters. The smallest absolute Gasteiger partial charge is 0.245 e. The summed E-state index contributed by atoms with van der Waals surface area (Å²) < 4.78 is 31.3. The van der Waals surface area contributed by atoms with Crippen LogP contribution in [0.15, 0.2) is 23.1 Å². The maximum Gasteiger partial charge on any atom is 0.245 e. The van der Waals surface area contributed by atoms with Crippen LogP contribution in [0.3, 0.4) is 0 Å². The molecule has 17 heavy (non-hydrogen) atoms. The first-order valence-electron chi connectivity index (χ1n) is 4.82. The van der Waals surface area contributed by atoms with Gasteiger partial charge in [-0.3, -0.25) is 0 Å². The summed E-state index contributed by atoms with van der Waals surface area (Å²) in [6.07, 6.45) is 5.12. The highest BCUT2D eigenvalue weighted by molar-refractivity contribution is 7.89. The molecule has 0 amide bonds. The first kappa shape index (κ1) is 13.4. The van der Waals surface area contributed by atoms with Crippen LogP contribution in [-0.2, 0) is 10.0 Å². The summed E-state index contributed by atoms with van der Waals surface area (Å²) >= 11 is 0. The number of nitrogen functional groups attached to an aromatic ring is 1. The molecule has 0 bridgehead atoms. The summed E-state index contributed by atoms with van der Waals surface area (Å²) in [4.78, 5) is -0.0258. The number of terminal acetylenes is 1. The number of sulfonamides is 1. The Kier molecular flexibility index (Phi) is 3.99. The van der Waals surface area contributed by atoms with Gasteiger partial charge in [0.25, 0.3) is 0 Å². The minimum atomic E-state index is -3.73. The monoisotopic (exact) mass is 254 g/mol. The van der Waals surface area contributed by atoms with Crippen molar-refractivity contribution in [3.05, 3.63) is 18.2 Å². The number of rotatable bonds is 4.